The molecule has 4 nitrogen and oxygen atoms in total. The Morgan fingerprint density at radius 2 is 1.74 bits per heavy atom. The Balaban J connectivity index is 2.56. The molecular formula is C15H25N3O. The highest BCUT2D eigenvalue weighted by Crippen LogP contribution is 2.11. The Morgan fingerprint density at radius 1 is 1.11 bits per heavy atom. The lowest BCUT2D eigenvalue weighted by molar-refractivity contribution is 0.0786. The van der Waals surface area contributed by atoms with Gasteiger partial charge in [0.1, 0.15) is 0 Å². The summed E-state index contributed by atoms with van der Waals surface area (Å²) < 4.78 is 0. The lowest BCUT2D eigenvalue weighted by Crippen LogP contribution is -2.33. The van der Waals surface area contributed by atoms with Crippen LogP contribution >= 0.6 is 0 Å². The van der Waals surface area contributed by atoms with Gasteiger partial charge in [-0.15, -0.1) is 0 Å². The number of anilines is 1. The monoisotopic (exact) mass is 263 g/mol. The van der Waals surface area contributed by atoms with Crippen molar-refractivity contribution in [3.05, 3.63) is 29.8 Å². The smallest absolute Gasteiger partial charge is 0.253 e. The Hall–Kier alpha value is -1.55. The summed E-state index contributed by atoms with van der Waals surface area (Å²) in [6, 6.07) is 7.68. The van der Waals surface area contributed by atoms with E-state index < -0.39 is 0 Å². The maximum Gasteiger partial charge on any atom is 0.253 e. The van der Waals surface area contributed by atoms with Crippen LogP contribution in [-0.4, -0.2) is 56.5 Å². The number of rotatable bonds is 7. The fourth-order valence-corrected chi connectivity index (χ4v) is 1.67. The zero-order valence-corrected chi connectivity index (χ0v) is 12.4. The minimum atomic E-state index is 0.0730. The first-order valence-corrected chi connectivity index (χ1v) is 6.78. The second-order valence-corrected chi connectivity index (χ2v) is 5.03. The van der Waals surface area contributed by atoms with Gasteiger partial charge in [-0.25, -0.2) is 0 Å². The number of hydrogen-bond donors (Lipinski definition) is 1. The van der Waals surface area contributed by atoms with Crippen LogP contribution in [0, 0.1) is 0 Å². The average molecular weight is 263 g/mol. The number of likely N-dealkylation sites (N-methyl/N-ethyl adjacent to an activating group) is 2. The summed E-state index contributed by atoms with van der Waals surface area (Å²) in [6.07, 6.45) is 1.09. The highest BCUT2D eigenvalue weighted by atomic mass is 16.2. The molecule has 0 aromatic heterocycles. The molecular weight excluding hydrogens is 238 g/mol. The number of amides is 1. The summed E-state index contributed by atoms with van der Waals surface area (Å²) in [5.74, 6) is 0.0730. The number of nitrogens with zero attached hydrogens (tertiary/aromatic N) is 2. The van der Waals surface area contributed by atoms with Crippen LogP contribution in [0.15, 0.2) is 24.3 Å². The van der Waals surface area contributed by atoms with Gasteiger partial charge >= 0.3 is 0 Å². The van der Waals surface area contributed by atoms with E-state index >= 15 is 0 Å². The molecule has 1 N–H and O–H groups in total. The van der Waals surface area contributed by atoms with Crippen molar-refractivity contribution >= 4 is 11.6 Å². The molecule has 0 heterocycles. The summed E-state index contributed by atoms with van der Waals surface area (Å²) in [6.45, 7) is 4.70. The molecule has 0 unspecified atom stereocenters. The molecule has 106 valence electrons. The van der Waals surface area contributed by atoms with E-state index in [0.717, 1.165) is 37.3 Å². The van der Waals surface area contributed by atoms with Crippen molar-refractivity contribution in [3.8, 4) is 0 Å². The van der Waals surface area contributed by atoms with Crippen molar-refractivity contribution in [1.29, 1.82) is 0 Å². The number of carbonyl (C=O) groups excluding carboxylic acids is 1. The SMILES string of the molecule is CCCNc1ccc(C(=O)N(C)CCN(C)C)cc1. The predicted molar refractivity (Wildman–Crippen MR) is 80.7 cm³/mol. The molecule has 0 aliphatic carbocycles. The number of hydrogen-bond acceptors (Lipinski definition) is 3. The maximum absolute atomic E-state index is 12.2. The summed E-state index contributed by atoms with van der Waals surface area (Å²) in [4.78, 5) is 16.0. The summed E-state index contributed by atoms with van der Waals surface area (Å²) in [7, 11) is 5.86. The second kappa shape index (κ2) is 7.79. The highest BCUT2D eigenvalue weighted by molar-refractivity contribution is 5.94. The third-order valence-electron chi connectivity index (χ3n) is 2.94. The maximum atomic E-state index is 12.2. The minimum absolute atomic E-state index is 0.0730. The number of benzene rings is 1. The fraction of sp³-hybridized carbons (Fsp3) is 0.533. The van der Waals surface area contributed by atoms with E-state index in [2.05, 4.69) is 17.1 Å². The summed E-state index contributed by atoms with van der Waals surface area (Å²) in [5, 5.41) is 3.30. The quantitative estimate of drug-likeness (QED) is 0.818. The van der Waals surface area contributed by atoms with E-state index in [1.165, 1.54) is 0 Å². The van der Waals surface area contributed by atoms with Crippen LogP contribution in [0.4, 0.5) is 5.69 Å². The molecule has 0 saturated heterocycles. The molecule has 1 amide bonds. The van der Waals surface area contributed by atoms with Crippen molar-refractivity contribution < 1.29 is 4.79 Å². The molecule has 1 rings (SSSR count). The van der Waals surface area contributed by atoms with Crippen LogP contribution in [0.2, 0.25) is 0 Å². The predicted octanol–water partition coefficient (Wildman–Crippen LogP) is 2.14. The van der Waals surface area contributed by atoms with Crippen LogP contribution in [0.1, 0.15) is 23.7 Å². The van der Waals surface area contributed by atoms with Crippen molar-refractivity contribution in [2.45, 2.75) is 13.3 Å². The average Bonchev–Trinajstić information content (AvgIpc) is 2.42. The van der Waals surface area contributed by atoms with Gasteiger partial charge in [0, 0.05) is 37.9 Å². The van der Waals surface area contributed by atoms with E-state index in [0.29, 0.717) is 0 Å². The molecule has 0 saturated carbocycles. The normalized spacial score (nSPS) is 10.6. The zero-order chi connectivity index (χ0) is 14.3. The standard InChI is InChI=1S/C15H25N3O/c1-5-10-16-14-8-6-13(7-9-14)15(19)18(4)12-11-17(2)3/h6-9,16H,5,10-12H2,1-4H3. The lowest BCUT2D eigenvalue weighted by atomic mass is 10.2. The second-order valence-electron chi connectivity index (χ2n) is 5.03. The Labute approximate surface area is 116 Å². The van der Waals surface area contributed by atoms with Crippen LogP contribution < -0.4 is 5.32 Å². The molecule has 0 aliphatic rings. The first kappa shape index (κ1) is 15.5. The Kier molecular flexibility index (Phi) is 6.36. The van der Waals surface area contributed by atoms with Crippen LogP contribution in [0.3, 0.4) is 0 Å². The lowest BCUT2D eigenvalue weighted by Gasteiger charge is -2.19. The molecule has 4 heteroatoms. The third-order valence-corrected chi connectivity index (χ3v) is 2.94. The van der Waals surface area contributed by atoms with Crippen molar-refractivity contribution in [3.63, 3.8) is 0 Å². The fourth-order valence-electron chi connectivity index (χ4n) is 1.67. The molecule has 0 aliphatic heterocycles. The van der Waals surface area contributed by atoms with Gasteiger partial charge in [-0.05, 0) is 44.8 Å². The van der Waals surface area contributed by atoms with Gasteiger partial charge < -0.3 is 15.1 Å². The zero-order valence-electron chi connectivity index (χ0n) is 12.4. The van der Waals surface area contributed by atoms with E-state index in [9.17, 15) is 4.79 Å². The number of nitrogens with one attached hydrogen (secondary N) is 1. The van der Waals surface area contributed by atoms with Crippen molar-refractivity contribution in [1.82, 2.24) is 9.80 Å². The minimum Gasteiger partial charge on any atom is -0.385 e. The van der Waals surface area contributed by atoms with Gasteiger partial charge in [0.05, 0.1) is 0 Å². The molecule has 0 atom stereocenters. The molecule has 0 fully saturated rings. The Morgan fingerprint density at radius 3 is 2.26 bits per heavy atom. The first-order valence-electron chi connectivity index (χ1n) is 6.78. The molecule has 0 bridgehead atoms. The van der Waals surface area contributed by atoms with Gasteiger partial charge in [-0.1, -0.05) is 6.92 Å². The van der Waals surface area contributed by atoms with E-state index in [1.54, 1.807) is 4.90 Å². The van der Waals surface area contributed by atoms with Gasteiger partial charge in [-0.2, -0.15) is 0 Å². The molecule has 0 spiro atoms. The van der Waals surface area contributed by atoms with Gasteiger partial charge in [0.25, 0.3) is 5.91 Å². The van der Waals surface area contributed by atoms with Crippen LogP contribution in [-0.2, 0) is 0 Å². The first-order chi connectivity index (χ1) is 9.04. The highest BCUT2D eigenvalue weighted by Gasteiger charge is 2.11. The summed E-state index contributed by atoms with van der Waals surface area (Å²) >= 11 is 0. The third kappa shape index (κ3) is 5.30. The van der Waals surface area contributed by atoms with E-state index in [4.69, 9.17) is 0 Å². The van der Waals surface area contributed by atoms with Gasteiger partial charge in [0.2, 0.25) is 0 Å². The van der Waals surface area contributed by atoms with Crippen molar-refractivity contribution in [2.75, 3.05) is 46.1 Å². The topological polar surface area (TPSA) is 35.6 Å². The molecule has 1 aromatic carbocycles. The Bertz CT molecular complexity index is 387. The molecule has 1 aromatic rings. The summed E-state index contributed by atoms with van der Waals surface area (Å²) in [5.41, 5.74) is 1.80. The van der Waals surface area contributed by atoms with Gasteiger partial charge in [0.15, 0.2) is 0 Å². The molecule has 19 heavy (non-hydrogen) atoms. The van der Waals surface area contributed by atoms with Crippen molar-refractivity contribution in [2.24, 2.45) is 0 Å². The number of carbonyl (C=O) groups is 1. The van der Waals surface area contributed by atoms with Crippen LogP contribution in [0.25, 0.3) is 0 Å². The molecule has 0 radical (unpaired) electrons. The largest absolute Gasteiger partial charge is 0.385 e. The van der Waals surface area contributed by atoms with E-state index in [-0.39, 0.29) is 5.91 Å². The van der Waals surface area contributed by atoms with Crippen LogP contribution in [0.5, 0.6) is 0 Å². The van der Waals surface area contributed by atoms with E-state index in [1.807, 2.05) is 45.4 Å². The van der Waals surface area contributed by atoms with Gasteiger partial charge in [-0.3, -0.25) is 4.79 Å².